The standard InChI is InChI=1S/C8H8ClFN4.ClH/c9-6-2-1-5(3-7(6)10)4-13-14-8(11)12;/h1-4H,(H4,11,12,14);1H. The number of hydrogen-bond acceptors (Lipinski definition) is 2. The molecule has 0 saturated heterocycles. The zero-order valence-electron chi connectivity index (χ0n) is 7.50. The van der Waals surface area contributed by atoms with Crippen molar-refractivity contribution in [2.24, 2.45) is 10.8 Å². The average molecular weight is 251 g/mol. The second-order valence-electron chi connectivity index (χ2n) is 2.46. The number of benzene rings is 1. The average Bonchev–Trinajstić information content (AvgIpc) is 2.10. The van der Waals surface area contributed by atoms with Gasteiger partial charge in [0.25, 0.3) is 0 Å². The van der Waals surface area contributed by atoms with Gasteiger partial charge in [0.15, 0.2) is 0 Å². The van der Waals surface area contributed by atoms with Gasteiger partial charge in [-0.05, 0) is 17.7 Å². The molecule has 0 unspecified atom stereocenters. The van der Waals surface area contributed by atoms with Gasteiger partial charge >= 0.3 is 0 Å². The highest BCUT2D eigenvalue weighted by Crippen LogP contribution is 2.14. The van der Waals surface area contributed by atoms with Gasteiger partial charge < -0.3 is 5.73 Å². The third-order valence-electron chi connectivity index (χ3n) is 1.34. The van der Waals surface area contributed by atoms with Gasteiger partial charge in [0.05, 0.1) is 11.2 Å². The summed E-state index contributed by atoms with van der Waals surface area (Å²) in [6.07, 6.45) is 1.33. The third-order valence-corrected chi connectivity index (χ3v) is 1.65. The van der Waals surface area contributed by atoms with Crippen LogP contribution in [0.15, 0.2) is 23.3 Å². The second-order valence-corrected chi connectivity index (χ2v) is 2.86. The van der Waals surface area contributed by atoms with Crippen molar-refractivity contribution in [3.05, 3.63) is 34.6 Å². The lowest BCUT2D eigenvalue weighted by Gasteiger charge is -1.96. The Bertz CT molecular complexity index is 381. The molecular weight excluding hydrogens is 242 g/mol. The first-order chi connectivity index (χ1) is 6.59. The summed E-state index contributed by atoms with van der Waals surface area (Å²) in [5.74, 6) is -0.797. The zero-order chi connectivity index (χ0) is 10.6. The molecule has 0 atom stereocenters. The van der Waals surface area contributed by atoms with Crippen molar-refractivity contribution in [1.82, 2.24) is 5.43 Å². The van der Waals surface area contributed by atoms with Crippen LogP contribution in [-0.2, 0) is 0 Å². The highest BCUT2D eigenvalue weighted by Gasteiger charge is 1.98. The summed E-state index contributed by atoms with van der Waals surface area (Å²) < 4.78 is 12.9. The maximum Gasteiger partial charge on any atom is 0.206 e. The number of halogens is 3. The van der Waals surface area contributed by atoms with Crippen LogP contribution in [-0.4, -0.2) is 12.2 Å². The molecule has 0 fully saturated rings. The Labute approximate surface area is 97.2 Å². The normalized spacial score (nSPS) is 9.73. The third kappa shape index (κ3) is 4.62. The lowest BCUT2D eigenvalue weighted by Crippen LogP contribution is -2.25. The van der Waals surface area contributed by atoms with Crippen molar-refractivity contribution in [3.63, 3.8) is 0 Å². The second kappa shape index (κ2) is 6.21. The lowest BCUT2D eigenvalue weighted by atomic mass is 10.2. The van der Waals surface area contributed by atoms with Gasteiger partial charge in [-0.15, -0.1) is 12.4 Å². The van der Waals surface area contributed by atoms with Crippen molar-refractivity contribution in [3.8, 4) is 0 Å². The van der Waals surface area contributed by atoms with E-state index in [2.05, 4.69) is 10.5 Å². The number of rotatable bonds is 2. The van der Waals surface area contributed by atoms with Crippen molar-refractivity contribution < 1.29 is 4.39 Å². The van der Waals surface area contributed by atoms with Crippen LogP contribution >= 0.6 is 24.0 Å². The first-order valence-electron chi connectivity index (χ1n) is 3.68. The summed E-state index contributed by atoms with van der Waals surface area (Å²) in [4.78, 5) is 0. The van der Waals surface area contributed by atoms with E-state index in [4.69, 9.17) is 22.7 Å². The van der Waals surface area contributed by atoms with E-state index in [1.807, 2.05) is 0 Å². The van der Waals surface area contributed by atoms with Crippen LogP contribution in [0.3, 0.4) is 0 Å². The topological polar surface area (TPSA) is 74.3 Å². The molecule has 4 N–H and O–H groups in total. The van der Waals surface area contributed by atoms with Gasteiger partial charge in [-0.3, -0.25) is 5.41 Å². The van der Waals surface area contributed by atoms with E-state index in [9.17, 15) is 4.39 Å². The molecule has 4 nitrogen and oxygen atoms in total. The zero-order valence-corrected chi connectivity index (χ0v) is 9.07. The van der Waals surface area contributed by atoms with Crippen LogP contribution in [0.2, 0.25) is 5.02 Å². The van der Waals surface area contributed by atoms with E-state index >= 15 is 0 Å². The van der Waals surface area contributed by atoms with Crippen LogP contribution in [0.5, 0.6) is 0 Å². The predicted octanol–water partition coefficient (Wildman–Crippen LogP) is 1.72. The van der Waals surface area contributed by atoms with Gasteiger partial charge in [-0.1, -0.05) is 17.7 Å². The van der Waals surface area contributed by atoms with Crippen LogP contribution in [0.4, 0.5) is 4.39 Å². The van der Waals surface area contributed by atoms with Crippen molar-refractivity contribution in [2.45, 2.75) is 0 Å². The minimum absolute atomic E-state index is 0. The molecule has 0 amide bonds. The Morgan fingerprint density at radius 1 is 1.60 bits per heavy atom. The summed E-state index contributed by atoms with van der Waals surface area (Å²) in [5.41, 5.74) is 7.71. The monoisotopic (exact) mass is 250 g/mol. The van der Waals surface area contributed by atoms with Gasteiger partial charge in [-0.25, -0.2) is 9.82 Å². The van der Waals surface area contributed by atoms with E-state index in [1.165, 1.54) is 18.3 Å². The number of hydrogen-bond donors (Lipinski definition) is 3. The van der Waals surface area contributed by atoms with Gasteiger partial charge in [0, 0.05) is 0 Å². The van der Waals surface area contributed by atoms with E-state index in [-0.39, 0.29) is 23.4 Å². The molecule has 0 heterocycles. The Kier molecular flexibility index (Phi) is 5.66. The number of nitrogens with zero attached hydrogens (tertiary/aromatic N) is 1. The SMILES string of the molecule is Cl.N=C(N)NN=Cc1ccc(Cl)c(F)c1. The van der Waals surface area contributed by atoms with Gasteiger partial charge in [0.1, 0.15) is 5.82 Å². The molecule has 7 heteroatoms. The predicted molar refractivity (Wildman–Crippen MR) is 61.3 cm³/mol. The highest BCUT2D eigenvalue weighted by atomic mass is 35.5. The van der Waals surface area contributed by atoms with E-state index in [1.54, 1.807) is 6.07 Å². The Hall–Kier alpha value is -1.33. The molecular formula is C8H9Cl2FN4. The summed E-state index contributed by atoms with van der Waals surface area (Å²) in [6, 6.07) is 4.25. The largest absolute Gasteiger partial charge is 0.369 e. The number of nitrogens with two attached hydrogens (primary N) is 1. The molecule has 0 bridgehead atoms. The van der Waals surface area contributed by atoms with E-state index in [0.29, 0.717) is 5.56 Å². The fraction of sp³-hybridized carbons (Fsp3) is 0. The molecule has 0 spiro atoms. The molecule has 0 aliphatic rings. The van der Waals surface area contributed by atoms with Gasteiger partial charge in [-0.2, -0.15) is 5.10 Å². The van der Waals surface area contributed by atoms with Crippen LogP contribution < -0.4 is 11.2 Å². The van der Waals surface area contributed by atoms with Crippen molar-refractivity contribution >= 4 is 36.2 Å². The molecule has 15 heavy (non-hydrogen) atoms. The number of hydrazone groups is 1. The first kappa shape index (κ1) is 13.7. The van der Waals surface area contributed by atoms with Crippen molar-refractivity contribution in [1.29, 1.82) is 5.41 Å². The van der Waals surface area contributed by atoms with Gasteiger partial charge in [0.2, 0.25) is 5.96 Å². The van der Waals surface area contributed by atoms with E-state index < -0.39 is 5.82 Å². The molecule has 1 aromatic carbocycles. The molecule has 0 aliphatic carbocycles. The Morgan fingerprint density at radius 3 is 2.80 bits per heavy atom. The molecule has 0 radical (unpaired) electrons. The fourth-order valence-corrected chi connectivity index (χ4v) is 0.887. The lowest BCUT2D eigenvalue weighted by molar-refractivity contribution is 0.628. The molecule has 0 saturated carbocycles. The maximum atomic E-state index is 12.9. The minimum Gasteiger partial charge on any atom is -0.369 e. The number of guanidine groups is 1. The number of nitrogens with one attached hydrogen (secondary N) is 2. The summed E-state index contributed by atoms with van der Waals surface area (Å²) in [7, 11) is 0. The minimum atomic E-state index is -0.515. The maximum absolute atomic E-state index is 12.9. The molecule has 1 rings (SSSR count). The Morgan fingerprint density at radius 2 is 2.27 bits per heavy atom. The van der Waals surface area contributed by atoms with E-state index in [0.717, 1.165) is 0 Å². The molecule has 1 aromatic rings. The summed E-state index contributed by atoms with van der Waals surface area (Å²) in [6.45, 7) is 0. The fourth-order valence-electron chi connectivity index (χ4n) is 0.769. The first-order valence-corrected chi connectivity index (χ1v) is 4.05. The Balaban J connectivity index is 0.00000196. The smallest absolute Gasteiger partial charge is 0.206 e. The van der Waals surface area contributed by atoms with Crippen LogP contribution in [0.25, 0.3) is 0 Å². The van der Waals surface area contributed by atoms with Crippen LogP contribution in [0, 0.1) is 11.2 Å². The van der Waals surface area contributed by atoms with Crippen molar-refractivity contribution in [2.75, 3.05) is 0 Å². The quantitative estimate of drug-likeness (QED) is 0.425. The highest BCUT2D eigenvalue weighted by molar-refractivity contribution is 6.30. The molecule has 0 aliphatic heterocycles. The summed E-state index contributed by atoms with van der Waals surface area (Å²) in [5, 5.41) is 10.4. The molecule has 82 valence electrons. The van der Waals surface area contributed by atoms with Crippen LogP contribution in [0.1, 0.15) is 5.56 Å². The molecule has 0 aromatic heterocycles. The summed E-state index contributed by atoms with van der Waals surface area (Å²) >= 11 is 5.48.